The van der Waals surface area contributed by atoms with Gasteiger partial charge in [-0.3, -0.25) is 28.8 Å². The highest BCUT2D eigenvalue weighted by Crippen LogP contribution is 2.65. The molecule has 5 amide bonds. The second kappa shape index (κ2) is 15.3. The van der Waals surface area contributed by atoms with Crippen molar-refractivity contribution in [3.05, 3.63) is 35.9 Å². The van der Waals surface area contributed by atoms with Gasteiger partial charge in [-0.05, 0) is 48.0 Å². The molecule has 0 radical (unpaired) electrons. The number of carbonyl (C=O) groups is 6. The van der Waals surface area contributed by atoms with Gasteiger partial charge in [0.1, 0.15) is 12.1 Å². The molecule has 14 heteroatoms. The van der Waals surface area contributed by atoms with E-state index in [1.807, 2.05) is 20.8 Å². The minimum atomic E-state index is -4.68. The van der Waals surface area contributed by atoms with E-state index in [0.717, 1.165) is 32.1 Å². The molecule has 1 saturated heterocycles. The lowest BCUT2D eigenvalue weighted by Crippen LogP contribution is -2.56. The number of alkyl halides is 3. The lowest BCUT2D eigenvalue weighted by atomic mass is 9.80. The van der Waals surface area contributed by atoms with Gasteiger partial charge in [-0.2, -0.15) is 13.2 Å². The molecule has 1 unspecified atom stereocenters. The molecule has 0 aromatic heterocycles. The number of hydrogen-bond acceptors (Lipinski definition) is 6. The number of likely N-dealkylation sites (tertiary alicyclic amines) is 1. The Morgan fingerprint density at radius 2 is 1.61 bits per heavy atom. The summed E-state index contributed by atoms with van der Waals surface area (Å²) in [4.78, 5) is 82.0. The van der Waals surface area contributed by atoms with Crippen LogP contribution in [0.1, 0.15) is 77.3 Å². The highest BCUT2D eigenvalue weighted by Gasteiger charge is 2.69. The topological polar surface area (TPSA) is 145 Å². The number of halogens is 3. The van der Waals surface area contributed by atoms with E-state index in [1.165, 1.54) is 23.9 Å². The summed E-state index contributed by atoms with van der Waals surface area (Å²) >= 11 is 0. The number of benzene rings is 1. The molecule has 49 heavy (non-hydrogen) atoms. The second-order valence-electron chi connectivity index (χ2n) is 14.5. The summed E-state index contributed by atoms with van der Waals surface area (Å²) in [5, 5.41) is 7.00. The fourth-order valence-electron chi connectivity index (χ4n) is 7.55. The van der Waals surface area contributed by atoms with Gasteiger partial charge >= 0.3 is 6.18 Å². The van der Waals surface area contributed by atoms with E-state index in [1.54, 1.807) is 30.3 Å². The summed E-state index contributed by atoms with van der Waals surface area (Å²) in [5.74, 6) is -5.32. The molecule has 6 atom stereocenters. The number of nitrogens with zero attached hydrogens (tertiary/aromatic N) is 2. The number of ketones is 1. The molecule has 4 rings (SSSR count). The van der Waals surface area contributed by atoms with Crippen LogP contribution in [0.3, 0.4) is 0 Å². The fourth-order valence-corrected chi connectivity index (χ4v) is 7.55. The number of amides is 5. The molecular weight excluding hydrogens is 643 g/mol. The molecule has 1 aromatic carbocycles. The minimum absolute atomic E-state index is 0.0241. The van der Waals surface area contributed by atoms with E-state index >= 15 is 0 Å². The van der Waals surface area contributed by atoms with Crippen LogP contribution >= 0.6 is 0 Å². The molecule has 270 valence electrons. The molecule has 1 aromatic rings. The van der Waals surface area contributed by atoms with Crippen molar-refractivity contribution in [3.63, 3.8) is 0 Å². The lowest BCUT2D eigenvalue weighted by Gasteiger charge is -2.35. The smallest absolute Gasteiger partial charge is 0.347 e. The first kappa shape index (κ1) is 37.8. The highest BCUT2D eigenvalue weighted by molar-refractivity contribution is 6.38. The third kappa shape index (κ3) is 8.99. The Kier molecular flexibility index (Phi) is 11.8. The molecule has 1 aliphatic heterocycles. The first-order valence-corrected chi connectivity index (χ1v) is 17.0. The van der Waals surface area contributed by atoms with Gasteiger partial charge < -0.3 is 25.8 Å². The van der Waals surface area contributed by atoms with Gasteiger partial charge in [-0.1, -0.05) is 70.4 Å². The summed E-state index contributed by atoms with van der Waals surface area (Å²) < 4.78 is 39.9. The van der Waals surface area contributed by atoms with Crippen molar-refractivity contribution < 1.29 is 41.9 Å². The Bertz CT molecular complexity index is 1410. The van der Waals surface area contributed by atoms with Crippen molar-refractivity contribution in [2.45, 2.75) is 90.0 Å². The number of nitrogens with one attached hydrogen (secondary N) is 3. The molecule has 3 N–H and O–H groups in total. The van der Waals surface area contributed by atoms with E-state index in [-0.39, 0.29) is 35.0 Å². The van der Waals surface area contributed by atoms with Crippen LogP contribution in [-0.4, -0.2) is 90.6 Å². The Morgan fingerprint density at radius 1 is 0.980 bits per heavy atom. The Balaban J connectivity index is 1.45. The number of rotatable bonds is 13. The Morgan fingerprint density at radius 3 is 2.20 bits per heavy atom. The van der Waals surface area contributed by atoms with E-state index in [4.69, 9.17) is 0 Å². The SMILES string of the molecule is C[C@H](C(=O)N1C[C@H]2[C@@H]([C@H]1C(=O)NC(CCC(F)(F)F)C(=O)C(=O)NCC(=O)N[C@H](C(=O)N(C)C)c1ccccc1)C2(C)C)C1CCCCC1. The second-order valence-corrected chi connectivity index (χ2v) is 14.5. The predicted molar refractivity (Wildman–Crippen MR) is 173 cm³/mol. The number of Topliss-reactive ketones (excluding diaryl/α,β-unsaturated/α-hetero) is 1. The standard InChI is InChI=1S/C35H48F3N5O6/c1-20(21-12-8-6-9-13-21)32(48)43-19-23-26(34(23,2)3)28(43)30(46)40-24(16-17-35(36,37)38)29(45)31(47)39-18-25(44)41-27(33(49)42(4)5)22-14-10-7-11-15-22/h7,10-11,14-15,20-21,23-24,26-28H,6,8-9,12-13,16-19H2,1-5H3,(H,39,47)(H,40,46)(H,41,44)/t20-,23-,24?,26-,27-,28-/m0/s1. The zero-order valence-corrected chi connectivity index (χ0v) is 28.8. The summed E-state index contributed by atoms with van der Waals surface area (Å²) in [6.07, 6.45) is -2.05. The van der Waals surface area contributed by atoms with Crippen molar-refractivity contribution >= 4 is 35.3 Å². The summed E-state index contributed by atoms with van der Waals surface area (Å²) in [7, 11) is 3.01. The molecule has 11 nitrogen and oxygen atoms in total. The van der Waals surface area contributed by atoms with Crippen molar-refractivity contribution in [2.24, 2.45) is 29.1 Å². The van der Waals surface area contributed by atoms with Crippen LogP contribution in [0.25, 0.3) is 0 Å². The number of likely N-dealkylation sites (N-methyl/N-ethyl adjacent to an activating group) is 1. The molecule has 2 aliphatic carbocycles. The average molecular weight is 692 g/mol. The maximum absolute atomic E-state index is 13.8. The zero-order chi connectivity index (χ0) is 36.3. The van der Waals surface area contributed by atoms with Crippen molar-refractivity contribution in [3.8, 4) is 0 Å². The van der Waals surface area contributed by atoms with Crippen LogP contribution in [-0.2, 0) is 28.8 Å². The largest absolute Gasteiger partial charge is 0.389 e. The molecular formula is C35H48F3N5O6. The van der Waals surface area contributed by atoms with Gasteiger partial charge in [-0.25, -0.2) is 0 Å². The predicted octanol–water partition coefficient (Wildman–Crippen LogP) is 3.14. The van der Waals surface area contributed by atoms with Gasteiger partial charge in [0, 0.05) is 33.0 Å². The Hall–Kier alpha value is -3.97. The van der Waals surface area contributed by atoms with Crippen LogP contribution in [0.15, 0.2) is 30.3 Å². The number of fused-ring (bicyclic) bond motifs is 1. The fraction of sp³-hybridized carbons (Fsp3) is 0.657. The maximum Gasteiger partial charge on any atom is 0.389 e. The highest BCUT2D eigenvalue weighted by atomic mass is 19.4. The first-order chi connectivity index (χ1) is 22.9. The molecule has 0 spiro atoms. The van der Waals surface area contributed by atoms with Crippen LogP contribution in [0.2, 0.25) is 0 Å². The Labute approximate surface area is 285 Å². The monoisotopic (exact) mass is 691 g/mol. The van der Waals surface area contributed by atoms with Crippen molar-refractivity contribution in [2.75, 3.05) is 27.2 Å². The van der Waals surface area contributed by atoms with Crippen molar-refractivity contribution in [1.29, 1.82) is 0 Å². The van der Waals surface area contributed by atoms with Crippen LogP contribution in [0.5, 0.6) is 0 Å². The van der Waals surface area contributed by atoms with E-state index < -0.39 is 73.1 Å². The zero-order valence-electron chi connectivity index (χ0n) is 28.8. The third-order valence-electron chi connectivity index (χ3n) is 10.6. The van der Waals surface area contributed by atoms with Gasteiger partial charge in [0.25, 0.3) is 5.91 Å². The molecule has 2 saturated carbocycles. The van der Waals surface area contributed by atoms with E-state index in [2.05, 4.69) is 16.0 Å². The average Bonchev–Trinajstić information content (AvgIpc) is 3.37. The van der Waals surface area contributed by atoms with Gasteiger partial charge in [-0.15, -0.1) is 0 Å². The normalized spacial score (nSPS) is 23.3. The number of carbonyl (C=O) groups excluding carboxylic acids is 6. The molecule has 1 heterocycles. The van der Waals surface area contributed by atoms with Crippen LogP contribution < -0.4 is 16.0 Å². The number of piperidine rings is 1. The summed E-state index contributed by atoms with van der Waals surface area (Å²) in [5.41, 5.74) is 0.190. The summed E-state index contributed by atoms with van der Waals surface area (Å²) in [6.45, 7) is 5.37. The third-order valence-corrected chi connectivity index (χ3v) is 10.6. The quantitative estimate of drug-likeness (QED) is 0.271. The molecule has 3 aliphatic rings. The van der Waals surface area contributed by atoms with Gasteiger partial charge in [0.15, 0.2) is 0 Å². The van der Waals surface area contributed by atoms with E-state index in [0.29, 0.717) is 12.1 Å². The van der Waals surface area contributed by atoms with Crippen LogP contribution in [0.4, 0.5) is 13.2 Å². The van der Waals surface area contributed by atoms with Crippen LogP contribution in [0, 0.1) is 29.1 Å². The molecule has 0 bridgehead atoms. The van der Waals surface area contributed by atoms with Gasteiger partial charge in [0.05, 0.1) is 12.6 Å². The van der Waals surface area contributed by atoms with Gasteiger partial charge in [0.2, 0.25) is 29.4 Å². The van der Waals surface area contributed by atoms with Crippen molar-refractivity contribution in [1.82, 2.24) is 25.8 Å². The number of hydrogen-bond donors (Lipinski definition) is 3. The maximum atomic E-state index is 13.8. The molecule has 3 fully saturated rings. The minimum Gasteiger partial charge on any atom is -0.347 e. The lowest BCUT2D eigenvalue weighted by molar-refractivity contribution is -0.148. The first-order valence-electron chi connectivity index (χ1n) is 17.0. The van der Waals surface area contributed by atoms with E-state index in [9.17, 15) is 41.9 Å². The summed E-state index contributed by atoms with van der Waals surface area (Å²) in [6, 6.07) is 4.41.